The molecular weight excluding hydrogens is 772 g/mol. The number of phenols is 1. The number of benzene rings is 3. The molecule has 14 heteroatoms. The number of para-hydroxylation sites is 1. The van der Waals surface area contributed by atoms with Crippen LogP contribution in [0.2, 0.25) is 0 Å². The van der Waals surface area contributed by atoms with Crippen LogP contribution in [0.5, 0.6) is 5.75 Å². The first kappa shape index (κ1) is 39.3. The molecule has 5 aromatic rings. The standard InChI is InChI=1S/C47H55FN10O3/c1-31-29-58(40-9-7-34(24-37(31)40)57-17-12-44(60)50-46(57)61)35-27-47(28-35)13-18-53(19-14-47)30-32-10-15-55(16-11-32)41-25-33(6-8-38(41)48)54-20-22-56(23-21-54)42-26-39(51-52-45(42)49)36-4-2-3-5-43(36)59/h2-9,24-26,29,32,35,59H,10-23,27-28,30H2,1H3,(H2,49,52)(H,50,60,61). The fraction of sp³-hybridized carbons (Fsp3) is 0.447. The van der Waals surface area contributed by atoms with E-state index < -0.39 is 0 Å². The highest BCUT2D eigenvalue weighted by molar-refractivity contribution is 6.06. The van der Waals surface area contributed by atoms with Crippen LogP contribution < -0.4 is 30.7 Å². The lowest BCUT2D eigenvalue weighted by molar-refractivity contribution is -0.120. The summed E-state index contributed by atoms with van der Waals surface area (Å²) in [7, 11) is 0. The number of anilines is 5. The van der Waals surface area contributed by atoms with Crippen LogP contribution >= 0.6 is 0 Å². The Hall–Kier alpha value is -5.89. The van der Waals surface area contributed by atoms with Crippen molar-refractivity contribution in [3.8, 4) is 17.0 Å². The number of aromatic nitrogens is 3. The molecule has 1 saturated carbocycles. The molecule has 6 heterocycles. The van der Waals surface area contributed by atoms with Gasteiger partial charge in [0.05, 0.1) is 17.1 Å². The number of aromatic hydroxyl groups is 1. The van der Waals surface area contributed by atoms with E-state index in [1.54, 1.807) is 23.1 Å². The summed E-state index contributed by atoms with van der Waals surface area (Å²) in [5.74, 6) is 0.753. The summed E-state index contributed by atoms with van der Waals surface area (Å²) >= 11 is 0. The second kappa shape index (κ2) is 15.9. The molecule has 4 N–H and O–H groups in total. The number of urea groups is 1. The zero-order valence-electron chi connectivity index (χ0n) is 34.9. The molecule has 3 amide bonds. The van der Waals surface area contributed by atoms with Gasteiger partial charge in [-0.1, -0.05) is 12.1 Å². The maximum atomic E-state index is 15.4. The first-order valence-corrected chi connectivity index (χ1v) is 22.0. The van der Waals surface area contributed by atoms with Gasteiger partial charge in [0, 0.05) is 98.9 Å². The first-order valence-electron chi connectivity index (χ1n) is 22.0. The van der Waals surface area contributed by atoms with E-state index in [1.807, 2.05) is 36.4 Å². The summed E-state index contributed by atoms with van der Waals surface area (Å²) in [5, 5.41) is 22.4. The lowest BCUT2D eigenvalue weighted by Gasteiger charge is -2.53. The van der Waals surface area contributed by atoms with E-state index in [2.05, 4.69) is 64.9 Å². The van der Waals surface area contributed by atoms with Crippen molar-refractivity contribution in [1.82, 2.24) is 25.0 Å². The number of halogens is 1. The predicted molar refractivity (Wildman–Crippen MR) is 238 cm³/mol. The van der Waals surface area contributed by atoms with Gasteiger partial charge in [-0.3, -0.25) is 15.0 Å². The fourth-order valence-corrected chi connectivity index (χ4v) is 10.8. The van der Waals surface area contributed by atoms with Crippen molar-refractivity contribution in [2.75, 3.05) is 90.8 Å². The zero-order valence-corrected chi connectivity index (χ0v) is 34.9. The number of hydrogen-bond donors (Lipinski definition) is 3. The summed E-state index contributed by atoms with van der Waals surface area (Å²) in [6, 6.07) is 20.9. The van der Waals surface area contributed by atoms with Crippen LogP contribution in [0.1, 0.15) is 56.6 Å². The normalized spacial score (nSPS) is 20.4. The van der Waals surface area contributed by atoms with E-state index in [9.17, 15) is 14.7 Å². The van der Waals surface area contributed by atoms with Gasteiger partial charge in [0.1, 0.15) is 11.6 Å². The number of nitrogens with two attached hydrogens (primary N) is 1. The van der Waals surface area contributed by atoms with Gasteiger partial charge >= 0.3 is 6.03 Å². The van der Waals surface area contributed by atoms with Gasteiger partial charge in [0.25, 0.3) is 0 Å². The molecule has 5 aliphatic rings. The minimum Gasteiger partial charge on any atom is -0.507 e. The molecule has 318 valence electrons. The third-order valence-corrected chi connectivity index (χ3v) is 14.4. The Labute approximate surface area is 355 Å². The van der Waals surface area contributed by atoms with E-state index in [1.165, 1.54) is 42.1 Å². The number of aryl methyl sites for hydroxylation is 1. The van der Waals surface area contributed by atoms with Gasteiger partial charge in [-0.25, -0.2) is 9.18 Å². The number of nitrogens with one attached hydrogen (secondary N) is 1. The highest BCUT2D eigenvalue weighted by atomic mass is 19.1. The lowest BCUT2D eigenvalue weighted by Crippen LogP contribution is -2.49. The molecule has 10 rings (SSSR count). The van der Waals surface area contributed by atoms with Crippen molar-refractivity contribution in [2.45, 2.75) is 57.9 Å². The fourth-order valence-electron chi connectivity index (χ4n) is 10.8. The van der Waals surface area contributed by atoms with Crippen molar-refractivity contribution in [2.24, 2.45) is 11.3 Å². The van der Waals surface area contributed by atoms with Gasteiger partial charge in [-0.05, 0) is 130 Å². The number of carbonyl (C=O) groups is 2. The average Bonchev–Trinajstić information content (AvgIpc) is 3.59. The first-order chi connectivity index (χ1) is 29.6. The molecule has 0 radical (unpaired) electrons. The van der Waals surface area contributed by atoms with Crippen molar-refractivity contribution in [1.29, 1.82) is 0 Å². The third kappa shape index (κ3) is 7.59. The number of nitrogens with zero attached hydrogens (tertiary/aromatic N) is 8. The largest absolute Gasteiger partial charge is 0.507 e. The summed E-state index contributed by atoms with van der Waals surface area (Å²) in [6.45, 7) is 10.7. The van der Waals surface area contributed by atoms with Crippen LogP contribution in [-0.4, -0.2) is 102 Å². The minimum absolute atomic E-state index is 0.150. The Morgan fingerprint density at radius 2 is 1.54 bits per heavy atom. The number of phenolic OH excluding ortho intramolecular Hbond substituents is 1. The maximum absolute atomic E-state index is 15.4. The van der Waals surface area contributed by atoms with Crippen LogP contribution in [0.4, 0.5) is 37.8 Å². The predicted octanol–water partition coefficient (Wildman–Crippen LogP) is 6.94. The van der Waals surface area contributed by atoms with Crippen LogP contribution in [0.25, 0.3) is 22.2 Å². The number of imide groups is 1. The van der Waals surface area contributed by atoms with Gasteiger partial charge in [-0.2, -0.15) is 0 Å². The van der Waals surface area contributed by atoms with Gasteiger partial charge in [0.2, 0.25) is 5.91 Å². The van der Waals surface area contributed by atoms with Crippen molar-refractivity contribution >= 4 is 51.4 Å². The van der Waals surface area contributed by atoms with Crippen LogP contribution in [0.15, 0.2) is 72.9 Å². The van der Waals surface area contributed by atoms with E-state index in [0.717, 1.165) is 88.8 Å². The quantitative estimate of drug-likeness (QED) is 0.151. The Bertz CT molecular complexity index is 2460. The Balaban J connectivity index is 0.696. The molecule has 0 unspecified atom stereocenters. The Morgan fingerprint density at radius 1 is 0.820 bits per heavy atom. The van der Waals surface area contributed by atoms with Gasteiger partial charge < -0.3 is 35.0 Å². The van der Waals surface area contributed by atoms with E-state index in [0.29, 0.717) is 53.1 Å². The Morgan fingerprint density at radius 3 is 2.30 bits per heavy atom. The van der Waals surface area contributed by atoms with E-state index >= 15 is 4.39 Å². The molecule has 0 bridgehead atoms. The highest BCUT2D eigenvalue weighted by Crippen LogP contribution is 2.55. The van der Waals surface area contributed by atoms with Crippen LogP contribution in [0, 0.1) is 24.1 Å². The second-order valence-electron chi connectivity index (χ2n) is 18.1. The summed E-state index contributed by atoms with van der Waals surface area (Å²) in [4.78, 5) is 35.3. The van der Waals surface area contributed by atoms with Gasteiger partial charge in [-0.15, -0.1) is 10.2 Å². The number of rotatable bonds is 8. The zero-order chi connectivity index (χ0) is 41.8. The number of amides is 3. The maximum Gasteiger partial charge on any atom is 0.328 e. The Kier molecular flexibility index (Phi) is 10.2. The molecular formula is C47H55FN10O3. The van der Waals surface area contributed by atoms with E-state index in [4.69, 9.17) is 5.73 Å². The summed E-state index contributed by atoms with van der Waals surface area (Å²) in [5.41, 5.74) is 13.7. The number of fused-ring (bicyclic) bond motifs is 1. The number of likely N-dealkylation sites (tertiary alicyclic amines) is 1. The molecule has 3 aromatic carbocycles. The highest BCUT2D eigenvalue weighted by Gasteiger charge is 2.47. The smallest absolute Gasteiger partial charge is 0.328 e. The van der Waals surface area contributed by atoms with Crippen LogP contribution in [-0.2, 0) is 4.79 Å². The van der Waals surface area contributed by atoms with Crippen molar-refractivity contribution < 1.29 is 19.1 Å². The average molecular weight is 827 g/mol. The molecule has 13 nitrogen and oxygen atoms in total. The second-order valence-corrected chi connectivity index (χ2v) is 18.1. The molecule has 5 fully saturated rings. The molecule has 4 saturated heterocycles. The SMILES string of the molecule is Cc1cn(C2CC3(CCN(CC4CCN(c5cc(N6CCN(c7cc(-c8ccccc8O)nnc7N)CC6)ccc5F)CC4)CC3)C2)c2ccc(N3CCC(=O)NC3=O)cc12. The summed E-state index contributed by atoms with van der Waals surface area (Å²) in [6.07, 6.45) is 9.64. The van der Waals surface area contributed by atoms with Gasteiger partial charge in [0.15, 0.2) is 5.82 Å². The monoisotopic (exact) mass is 826 g/mol. The molecule has 1 spiro atoms. The number of nitrogen functional groups attached to an aromatic ring is 1. The molecule has 61 heavy (non-hydrogen) atoms. The topological polar surface area (TPSA) is 139 Å². The third-order valence-electron chi connectivity index (χ3n) is 14.4. The summed E-state index contributed by atoms with van der Waals surface area (Å²) < 4.78 is 17.9. The number of hydrogen-bond acceptors (Lipinski definition) is 10. The van der Waals surface area contributed by atoms with Crippen molar-refractivity contribution in [3.05, 3.63) is 84.3 Å². The number of piperazine rings is 1. The van der Waals surface area contributed by atoms with Crippen LogP contribution in [0.3, 0.4) is 0 Å². The molecule has 0 atom stereocenters. The molecule has 1 aliphatic carbocycles. The lowest BCUT2D eigenvalue weighted by atomic mass is 9.60. The molecule has 2 aromatic heterocycles. The minimum atomic E-state index is -0.347. The number of carbonyl (C=O) groups excluding carboxylic acids is 2. The van der Waals surface area contributed by atoms with Crippen molar-refractivity contribution in [3.63, 3.8) is 0 Å². The van der Waals surface area contributed by atoms with E-state index in [-0.39, 0.29) is 23.5 Å². The molecule has 4 aliphatic heterocycles. The number of piperidine rings is 2.